The summed E-state index contributed by atoms with van der Waals surface area (Å²) >= 11 is 2.97. The minimum Gasteiger partial charge on any atom is -0.360 e. The van der Waals surface area contributed by atoms with E-state index in [0.717, 1.165) is 30.3 Å². The van der Waals surface area contributed by atoms with Crippen molar-refractivity contribution in [3.05, 3.63) is 23.0 Å². The first-order chi connectivity index (χ1) is 7.38. The fraction of sp³-hybridized carbons (Fsp3) is 0.444. The Bertz CT molecular complexity index is 396. The van der Waals surface area contributed by atoms with Crippen LogP contribution < -0.4 is 5.32 Å². The van der Waals surface area contributed by atoms with Crippen LogP contribution in [-0.2, 0) is 12.8 Å². The van der Waals surface area contributed by atoms with Gasteiger partial charge in [0.25, 0.3) is 0 Å². The average Bonchev–Trinajstić information content (AvgIpc) is 2.88. The summed E-state index contributed by atoms with van der Waals surface area (Å²) in [5.74, 6) is 0.917. The van der Waals surface area contributed by atoms with E-state index in [1.54, 1.807) is 11.5 Å². The standard InChI is InChI=1S/C9H12N4S2/c1-2-8-12-9(15-13-8)10-5-3-7-4-6-11-14-7/h4,6H,2-3,5H2,1H3,(H,10,12,13). The highest BCUT2D eigenvalue weighted by molar-refractivity contribution is 7.09. The summed E-state index contributed by atoms with van der Waals surface area (Å²) in [5.41, 5.74) is 0. The van der Waals surface area contributed by atoms with Crippen molar-refractivity contribution in [1.82, 2.24) is 13.7 Å². The van der Waals surface area contributed by atoms with E-state index in [1.165, 1.54) is 16.4 Å². The molecule has 0 spiro atoms. The van der Waals surface area contributed by atoms with E-state index in [2.05, 4.69) is 26.0 Å². The number of hydrogen-bond acceptors (Lipinski definition) is 6. The number of aryl methyl sites for hydroxylation is 1. The Labute approximate surface area is 96.7 Å². The van der Waals surface area contributed by atoms with E-state index in [-0.39, 0.29) is 0 Å². The van der Waals surface area contributed by atoms with Gasteiger partial charge in [-0.2, -0.15) is 4.37 Å². The predicted molar refractivity (Wildman–Crippen MR) is 63.6 cm³/mol. The lowest BCUT2D eigenvalue weighted by molar-refractivity contribution is 0.984. The first-order valence-electron chi connectivity index (χ1n) is 4.84. The minimum atomic E-state index is 0.889. The van der Waals surface area contributed by atoms with Crippen molar-refractivity contribution >= 4 is 28.2 Å². The lowest BCUT2D eigenvalue weighted by Crippen LogP contribution is -2.03. The molecular formula is C9H12N4S2. The maximum atomic E-state index is 4.33. The van der Waals surface area contributed by atoms with Crippen molar-refractivity contribution in [2.24, 2.45) is 0 Å². The number of rotatable bonds is 5. The SMILES string of the molecule is CCc1nsc(NCCc2ccns2)n1. The Morgan fingerprint density at radius 1 is 1.40 bits per heavy atom. The van der Waals surface area contributed by atoms with Gasteiger partial charge < -0.3 is 5.32 Å². The average molecular weight is 240 g/mol. The lowest BCUT2D eigenvalue weighted by atomic mass is 10.3. The van der Waals surface area contributed by atoms with Gasteiger partial charge in [0.05, 0.1) is 0 Å². The molecule has 0 bridgehead atoms. The molecule has 2 aromatic rings. The van der Waals surface area contributed by atoms with Crippen molar-refractivity contribution in [3.8, 4) is 0 Å². The Hall–Kier alpha value is -1.01. The molecular weight excluding hydrogens is 228 g/mol. The van der Waals surface area contributed by atoms with Crippen LogP contribution in [0.3, 0.4) is 0 Å². The van der Waals surface area contributed by atoms with E-state index in [9.17, 15) is 0 Å². The highest BCUT2D eigenvalue weighted by atomic mass is 32.1. The topological polar surface area (TPSA) is 50.7 Å². The number of aromatic nitrogens is 3. The third-order valence-corrected chi connectivity index (χ3v) is 3.44. The molecule has 6 heteroatoms. The summed E-state index contributed by atoms with van der Waals surface area (Å²) in [7, 11) is 0. The lowest BCUT2D eigenvalue weighted by Gasteiger charge is -1.98. The second kappa shape index (κ2) is 5.18. The van der Waals surface area contributed by atoms with Gasteiger partial charge in [0.2, 0.25) is 5.13 Å². The van der Waals surface area contributed by atoms with Gasteiger partial charge in [-0.25, -0.2) is 9.36 Å². The Morgan fingerprint density at radius 2 is 2.33 bits per heavy atom. The van der Waals surface area contributed by atoms with E-state index in [0.29, 0.717) is 0 Å². The largest absolute Gasteiger partial charge is 0.360 e. The molecule has 0 radical (unpaired) electrons. The zero-order valence-electron chi connectivity index (χ0n) is 8.43. The van der Waals surface area contributed by atoms with Crippen LogP contribution in [0.15, 0.2) is 12.3 Å². The molecule has 0 aliphatic heterocycles. The normalized spacial score (nSPS) is 10.5. The van der Waals surface area contributed by atoms with Gasteiger partial charge in [0, 0.05) is 42.0 Å². The minimum absolute atomic E-state index is 0.889. The fourth-order valence-corrected chi connectivity index (χ4v) is 2.38. The molecule has 2 heterocycles. The molecule has 4 nitrogen and oxygen atoms in total. The molecule has 15 heavy (non-hydrogen) atoms. The summed E-state index contributed by atoms with van der Waals surface area (Å²) in [6.45, 7) is 2.95. The number of hydrogen-bond donors (Lipinski definition) is 1. The highest BCUT2D eigenvalue weighted by Gasteiger charge is 2.01. The van der Waals surface area contributed by atoms with Gasteiger partial charge in [-0.1, -0.05) is 6.92 Å². The molecule has 2 rings (SSSR count). The third-order valence-electron chi connectivity index (χ3n) is 1.92. The zero-order chi connectivity index (χ0) is 10.5. The first-order valence-corrected chi connectivity index (χ1v) is 6.39. The summed E-state index contributed by atoms with van der Waals surface area (Å²) in [6.07, 6.45) is 3.72. The summed E-state index contributed by atoms with van der Waals surface area (Å²) in [4.78, 5) is 5.63. The summed E-state index contributed by atoms with van der Waals surface area (Å²) in [6, 6.07) is 2.05. The molecule has 0 amide bonds. The van der Waals surface area contributed by atoms with Gasteiger partial charge in [-0.3, -0.25) is 0 Å². The van der Waals surface area contributed by atoms with E-state index >= 15 is 0 Å². The Morgan fingerprint density at radius 3 is 3.00 bits per heavy atom. The van der Waals surface area contributed by atoms with Crippen LogP contribution in [0.5, 0.6) is 0 Å². The fourth-order valence-electron chi connectivity index (χ4n) is 1.13. The van der Waals surface area contributed by atoms with E-state index < -0.39 is 0 Å². The smallest absolute Gasteiger partial charge is 0.202 e. The quantitative estimate of drug-likeness (QED) is 0.870. The highest BCUT2D eigenvalue weighted by Crippen LogP contribution is 2.12. The third kappa shape index (κ3) is 2.97. The molecule has 0 saturated carbocycles. The Kier molecular flexibility index (Phi) is 3.63. The van der Waals surface area contributed by atoms with Crippen molar-refractivity contribution in [3.63, 3.8) is 0 Å². The van der Waals surface area contributed by atoms with Crippen LogP contribution in [0.1, 0.15) is 17.6 Å². The Balaban J connectivity index is 1.78. The molecule has 0 atom stereocenters. The zero-order valence-corrected chi connectivity index (χ0v) is 10.1. The molecule has 0 aromatic carbocycles. The van der Waals surface area contributed by atoms with Gasteiger partial charge in [-0.05, 0) is 17.6 Å². The second-order valence-corrected chi connectivity index (χ2v) is 4.69. The van der Waals surface area contributed by atoms with E-state index in [1.807, 2.05) is 12.3 Å². The van der Waals surface area contributed by atoms with Crippen molar-refractivity contribution < 1.29 is 0 Å². The predicted octanol–water partition coefficient (Wildman–Crippen LogP) is 2.21. The van der Waals surface area contributed by atoms with Crippen molar-refractivity contribution in [2.45, 2.75) is 19.8 Å². The molecule has 2 aromatic heterocycles. The van der Waals surface area contributed by atoms with Crippen LogP contribution in [0.4, 0.5) is 5.13 Å². The molecule has 0 unspecified atom stereocenters. The number of nitrogens with one attached hydrogen (secondary N) is 1. The molecule has 0 aliphatic carbocycles. The van der Waals surface area contributed by atoms with Gasteiger partial charge >= 0.3 is 0 Å². The van der Waals surface area contributed by atoms with Gasteiger partial charge in [-0.15, -0.1) is 0 Å². The first kappa shape index (κ1) is 10.5. The number of anilines is 1. The van der Waals surface area contributed by atoms with E-state index in [4.69, 9.17) is 0 Å². The molecule has 0 saturated heterocycles. The maximum Gasteiger partial charge on any atom is 0.202 e. The molecule has 0 fully saturated rings. The molecule has 80 valence electrons. The van der Waals surface area contributed by atoms with Gasteiger partial charge in [0.15, 0.2) is 0 Å². The molecule has 1 N–H and O–H groups in total. The second-order valence-electron chi connectivity index (χ2n) is 3.02. The monoisotopic (exact) mass is 240 g/mol. The van der Waals surface area contributed by atoms with Crippen molar-refractivity contribution in [2.75, 3.05) is 11.9 Å². The molecule has 0 aliphatic rings. The van der Waals surface area contributed by atoms with Crippen LogP contribution in [-0.4, -0.2) is 20.3 Å². The maximum absolute atomic E-state index is 4.33. The van der Waals surface area contributed by atoms with Crippen molar-refractivity contribution in [1.29, 1.82) is 0 Å². The van der Waals surface area contributed by atoms with Crippen LogP contribution in [0, 0.1) is 0 Å². The van der Waals surface area contributed by atoms with Gasteiger partial charge in [0.1, 0.15) is 5.82 Å². The van der Waals surface area contributed by atoms with Crippen LogP contribution >= 0.6 is 23.1 Å². The van der Waals surface area contributed by atoms with Crippen LogP contribution in [0.2, 0.25) is 0 Å². The summed E-state index contributed by atoms with van der Waals surface area (Å²) in [5, 5.41) is 4.17. The van der Waals surface area contributed by atoms with Crippen LogP contribution in [0.25, 0.3) is 0 Å². The number of nitrogens with zero attached hydrogens (tertiary/aromatic N) is 3. The summed E-state index contributed by atoms with van der Waals surface area (Å²) < 4.78 is 8.26.